The summed E-state index contributed by atoms with van der Waals surface area (Å²) in [7, 11) is 0. The number of rotatable bonds is 2. The summed E-state index contributed by atoms with van der Waals surface area (Å²) < 4.78 is 31.6. The summed E-state index contributed by atoms with van der Waals surface area (Å²) in [6, 6.07) is 0. The highest BCUT2D eigenvalue weighted by atomic mass is 16.6. The second-order valence-electron chi connectivity index (χ2n) is 7.36. The Morgan fingerprint density at radius 3 is 0.941 bits per heavy atom. The van der Waals surface area contributed by atoms with Crippen LogP contribution in [0, 0.1) is 0 Å². The van der Waals surface area contributed by atoms with E-state index in [1.165, 1.54) is 0 Å². The highest BCUT2D eigenvalue weighted by Gasteiger charge is 2.14. The SMILES string of the molecule is C1CO1.C1CO1.C1CO1.CC1CO1.CC1CO1.CC1CO1.O=C1C=CC(=O)O1.OCC(O)CO. The number of carbonyl (C=O) groups excluding carboxylic acids is 2. The molecule has 7 aliphatic heterocycles. The number of cyclic esters (lactones) is 2. The lowest BCUT2D eigenvalue weighted by Gasteiger charge is -1.96. The number of esters is 2. The molecule has 0 bridgehead atoms. The molecule has 3 unspecified atom stereocenters. The van der Waals surface area contributed by atoms with Gasteiger partial charge in [0, 0.05) is 12.2 Å². The van der Waals surface area contributed by atoms with Crippen LogP contribution in [0.3, 0.4) is 0 Å². The molecule has 0 aromatic rings. The number of carbonyl (C=O) groups is 2. The molecule has 0 radical (unpaired) electrons. The first kappa shape index (κ1) is 32.5. The molecule has 3 N–H and O–H groups in total. The minimum absolute atomic E-state index is 0.365. The Balaban J connectivity index is 0.000000372. The van der Waals surface area contributed by atoms with E-state index in [2.05, 4.69) is 39.7 Å². The fraction of sp³-hybridized carbons (Fsp3) is 0.818. The zero-order valence-electron chi connectivity index (χ0n) is 20.3. The zero-order chi connectivity index (χ0) is 25.6. The van der Waals surface area contributed by atoms with Crippen LogP contribution >= 0.6 is 0 Å². The molecule has 12 heteroatoms. The predicted octanol–water partition coefficient (Wildman–Crippen LogP) is -0.777. The highest BCUT2D eigenvalue weighted by Crippen LogP contribution is 2.04. The number of aliphatic hydroxyl groups excluding tert-OH is 3. The van der Waals surface area contributed by atoms with Gasteiger partial charge < -0.3 is 48.5 Å². The first-order valence-corrected chi connectivity index (χ1v) is 11.2. The topological polar surface area (TPSA) is 179 Å². The average molecular weight is 497 g/mol. The van der Waals surface area contributed by atoms with Crippen molar-refractivity contribution in [1.82, 2.24) is 0 Å². The van der Waals surface area contributed by atoms with Crippen LogP contribution in [-0.4, -0.2) is 124 Å². The third-order valence-electron chi connectivity index (χ3n) is 3.09. The van der Waals surface area contributed by atoms with Gasteiger partial charge in [-0.25, -0.2) is 9.59 Å². The lowest BCUT2D eigenvalue weighted by Crippen LogP contribution is -2.15. The van der Waals surface area contributed by atoms with Gasteiger partial charge in [-0.05, 0) is 20.8 Å². The van der Waals surface area contributed by atoms with Crippen molar-refractivity contribution in [1.29, 1.82) is 0 Å². The van der Waals surface area contributed by atoms with E-state index in [0.717, 1.165) is 71.6 Å². The third-order valence-corrected chi connectivity index (χ3v) is 3.09. The quantitative estimate of drug-likeness (QED) is 0.247. The summed E-state index contributed by atoms with van der Waals surface area (Å²) in [5.41, 5.74) is 0. The van der Waals surface area contributed by atoms with Gasteiger partial charge in [-0.2, -0.15) is 0 Å². The molecule has 7 aliphatic rings. The molecule has 0 aromatic carbocycles. The maximum atomic E-state index is 9.92. The molecule has 0 saturated carbocycles. The molecule has 200 valence electrons. The second kappa shape index (κ2) is 22.0. The Morgan fingerprint density at radius 2 is 0.912 bits per heavy atom. The zero-order valence-corrected chi connectivity index (χ0v) is 20.3. The second-order valence-corrected chi connectivity index (χ2v) is 7.36. The molecule has 3 atom stereocenters. The summed E-state index contributed by atoms with van der Waals surface area (Å²) in [4.78, 5) is 19.8. The molecule has 6 fully saturated rings. The highest BCUT2D eigenvalue weighted by molar-refractivity contribution is 6.04. The van der Waals surface area contributed by atoms with E-state index in [4.69, 9.17) is 29.5 Å². The summed E-state index contributed by atoms with van der Waals surface area (Å²) in [5, 5.41) is 24.0. The van der Waals surface area contributed by atoms with Crippen molar-refractivity contribution in [2.45, 2.75) is 45.2 Å². The Bertz CT molecular complexity index is 458. The van der Waals surface area contributed by atoms with E-state index < -0.39 is 18.0 Å². The van der Waals surface area contributed by atoms with Crippen LogP contribution in [0.25, 0.3) is 0 Å². The number of hydrogen-bond donors (Lipinski definition) is 3. The Hall–Kier alpha value is -1.48. The van der Waals surface area contributed by atoms with Gasteiger partial charge in [-0.15, -0.1) is 0 Å². The van der Waals surface area contributed by atoms with Crippen molar-refractivity contribution in [3.8, 4) is 0 Å². The number of ether oxygens (including phenoxy) is 7. The van der Waals surface area contributed by atoms with Crippen LogP contribution in [0.2, 0.25) is 0 Å². The molecule has 0 aromatic heterocycles. The summed E-state index contributed by atoms with van der Waals surface area (Å²) in [6.07, 6.45) is 2.97. The Kier molecular flexibility index (Phi) is 21.1. The van der Waals surface area contributed by atoms with Crippen LogP contribution in [0.5, 0.6) is 0 Å². The number of epoxide rings is 6. The van der Waals surface area contributed by atoms with Crippen LogP contribution in [0.1, 0.15) is 20.8 Å². The predicted molar refractivity (Wildman–Crippen MR) is 119 cm³/mol. The molecule has 7 rings (SSSR count). The first-order valence-electron chi connectivity index (χ1n) is 11.2. The smallest absolute Gasteiger partial charge is 0.338 e. The molecule has 34 heavy (non-hydrogen) atoms. The molecule has 12 nitrogen and oxygen atoms in total. The van der Waals surface area contributed by atoms with E-state index >= 15 is 0 Å². The molecule has 0 spiro atoms. The lowest BCUT2D eigenvalue weighted by molar-refractivity contribution is -0.150. The molecular formula is C22H40O12. The van der Waals surface area contributed by atoms with E-state index in [1.807, 2.05) is 0 Å². The lowest BCUT2D eigenvalue weighted by atomic mass is 10.4. The van der Waals surface area contributed by atoms with Gasteiger partial charge in [0.1, 0.15) is 6.10 Å². The molecule has 0 aliphatic carbocycles. The summed E-state index contributed by atoms with van der Waals surface area (Å²) >= 11 is 0. The van der Waals surface area contributed by atoms with Gasteiger partial charge in [0.15, 0.2) is 0 Å². The molecule has 6 saturated heterocycles. The normalized spacial score (nSPS) is 25.8. The maximum absolute atomic E-state index is 9.92. The summed E-state index contributed by atoms with van der Waals surface area (Å²) in [6.45, 7) is 14.4. The van der Waals surface area contributed by atoms with E-state index in [0.29, 0.717) is 18.3 Å². The van der Waals surface area contributed by atoms with Crippen molar-refractivity contribution >= 4 is 11.9 Å². The third kappa shape index (κ3) is 48.1. The summed E-state index contributed by atoms with van der Waals surface area (Å²) in [5.74, 6) is -1.16. The van der Waals surface area contributed by atoms with Crippen LogP contribution in [0.15, 0.2) is 12.2 Å². The minimum atomic E-state index is -0.954. The number of hydrogen-bond acceptors (Lipinski definition) is 12. The molecule has 7 heterocycles. The van der Waals surface area contributed by atoms with Crippen molar-refractivity contribution < 1.29 is 58.1 Å². The standard InChI is InChI=1S/C4H2O3.C3H8O3.3C3H6O.3C2H4O/c5-3-1-2-4(6)7-3;4-1-3(6)2-5;3*1-3-2-4-3;3*1-2-3-1/h1-2H;3-6H,1-2H2;3*3H,2H2,1H3;3*1-2H2. The Morgan fingerprint density at radius 1 is 0.706 bits per heavy atom. The average Bonchev–Trinajstić information content (AvgIpc) is 3.65. The fourth-order valence-corrected chi connectivity index (χ4v) is 0.650. The van der Waals surface area contributed by atoms with Crippen molar-refractivity contribution in [3.63, 3.8) is 0 Å². The van der Waals surface area contributed by atoms with E-state index in [1.54, 1.807) is 0 Å². The van der Waals surface area contributed by atoms with Gasteiger partial charge in [0.05, 0.1) is 91.0 Å². The monoisotopic (exact) mass is 496 g/mol. The Labute approximate surface area is 200 Å². The first-order chi connectivity index (χ1) is 16.3. The number of aliphatic hydroxyl groups is 3. The van der Waals surface area contributed by atoms with E-state index in [9.17, 15) is 9.59 Å². The van der Waals surface area contributed by atoms with Gasteiger partial charge in [-0.1, -0.05) is 0 Å². The van der Waals surface area contributed by atoms with E-state index in [-0.39, 0.29) is 13.2 Å². The van der Waals surface area contributed by atoms with Crippen LogP contribution < -0.4 is 0 Å². The van der Waals surface area contributed by atoms with Crippen molar-refractivity contribution in [3.05, 3.63) is 12.2 Å². The minimum Gasteiger partial charge on any atom is -0.394 e. The van der Waals surface area contributed by atoms with Crippen molar-refractivity contribution in [2.24, 2.45) is 0 Å². The van der Waals surface area contributed by atoms with Crippen LogP contribution in [-0.2, 0) is 42.7 Å². The van der Waals surface area contributed by atoms with Crippen LogP contribution in [0.4, 0.5) is 0 Å². The van der Waals surface area contributed by atoms with Gasteiger partial charge in [0.2, 0.25) is 0 Å². The fourth-order valence-electron chi connectivity index (χ4n) is 0.650. The maximum Gasteiger partial charge on any atom is 0.338 e. The largest absolute Gasteiger partial charge is 0.394 e. The van der Waals surface area contributed by atoms with Gasteiger partial charge >= 0.3 is 11.9 Å². The van der Waals surface area contributed by atoms with Gasteiger partial charge in [-0.3, -0.25) is 0 Å². The van der Waals surface area contributed by atoms with Gasteiger partial charge in [0.25, 0.3) is 0 Å². The molecule has 0 amide bonds. The van der Waals surface area contributed by atoms with Crippen molar-refractivity contribution in [2.75, 3.05) is 72.7 Å². The molecular weight excluding hydrogens is 456 g/mol.